The Balaban J connectivity index is 1.97. The van der Waals surface area contributed by atoms with Gasteiger partial charge in [-0.25, -0.2) is 4.98 Å². The molecule has 13 heavy (non-hydrogen) atoms. The van der Waals surface area contributed by atoms with Crippen LogP contribution < -0.4 is 0 Å². The molecule has 3 rings (SSSR count). The van der Waals surface area contributed by atoms with E-state index in [1.807, 2.05) is 0 Å². The minimum Gasteiger partial charge on any atom is -0.262 e. The van der Waals surface area contributed by atoms with E-state index < -0.39 is 0 Å². The Morgan fingerprint density at radius 3 is 3.08 bits per heavy atom. The highest BCUT2D eigenvalue weighted by atomic mass is 32.1. The van der Waals surface area contributed by atoms with Crippen molar-refractivity contribution < 1.29 is 0 Å². The lowest BCUT2D eigenvalue weighted by molar-refractivity contribution is 0.935. The van der Waals surface area contributed by atoms with Crippen LogP contribution in [0.3, 0.4) is 0 Å². The number of thiazole rings is 1. The molecule has 2 aromatic rings. The third-order valence-electron chi connectivity index (χ3n) is 2.12. The molecule has 0 bridgehead atoms. The molecule has 1 saturated carbocycles. The van der Waals surface area contributed by atoms with E-state index in [4.69, 9.17) is 0 Å². The fourth-order valence-corrected chi connectivity index (χ4v) is 1.80. The van der Waals surface area contributed by atoms with Gasteiger partial charge in [0.25, 0.3) is 0 Å². The van der Waals surface area contributed by atoms with E-state index in [9.17, 15) is 0 Å². The van der Waals surface area contributed by atoms with Gasteiger partial charge < -0.3 is 0 Å². The summed E-state index contributed by atoms with van der Waals surface area (Å²) in [7, 11) is 0. The largest absolute Gasteiger partial charge is 0.262 e. The smallest absolute Gasteiger partial charge is 0.192 e. The summed E-state index contributed by atoms with van der Waals surface area (Å²) < 4.78 is 0. The van der Waals surface area contributed by atoms with Crippen LogP contribution in [0.15, 0.2) is 11.7 Å². The lowest BCUT2D eigenvalue weighted by atomic mass is 10.4. The molecule has 4 nitrogen and oxygen atoms in total. The number of hydrogen-bond acceptors (Lipinski definition) is 4. The van der Waals surface area contributed by atoms with Crippen molar-refractivity contribution in [3.63, 3.8) is 0 Å². The molecule has 0 aliphatic heterocycles. The number of aromatic nitrogens is 4. The fraction of sp³-hybridized carbons (Fsp3) is 0.375. The van der Waals surface area contributed by atoms with Gasteiger partial charge in [0.2, 0.25) is 0 Å². The molecule has 2 aromatic heterocycles. The van der Waals surface area contributed by atoms with Crippen LogP contribution in [0.25, 0.3) is 10.7 Å². The number of nitrogens with zero attached hydrogens (tertiary/aromatic N) is 3. The number of H-pyrrole nitrogens is 1. The van der Waals surface area contributed by atoms with E-state index >= 15 is 0 Å². The molecule has 1 aliphatic carbocycles. The molecule has 0 unspecified atom stereocenters. The van der Waals surface area contributed by atoms with Crippen LogP contribution in [-0.2, 0) is 0 Å². The third kappa shape index (κ3) is 1.25. The van der Waals surface area contributed by atoms with Crippen molar-refractivity contribution in [2.75, 3.05) is 0 Å². The van der Waals surface area contributed by atoms with Crippen molar-refractivity contribution in [2.24, 2.45) is 0 Å². The first-order chi connectivity index (χ1) is 6.43. The van der Waals surface area contributed by atoms with Crippen molar-refractivity contribution in [3.8, 4) is 10.7 Å². The first kappa shape index (κ1) is 7.20. The van der Waals surface area contributed by atoms with E-state index in [0.29, 0.717) is 5.92 Å². The highest BCUT2D eigenvalue weighted by Gasteiger charge is 2.27. The van der Waals surface area contributed by atoms with Gasteiger partial charge in [0.05, 0.1) is 10.4 Å². The summed E-state index contributed by atoms with van der Waals surface area (Å²) in [6.07, 6.45) is 4.29. The lowest BCUT2D eigenvalue weighted by Crippen LogP contribution is -1.80. The van der Waals surface area contributed by atoms with Crippen molar-refractivity contribution in [1.29, 1.82) is 0 Å². The van der Waals surface area contributed by atoms with Gasteiger partial charge in [0.1, 0.15) is 5.82 Å². The average Bonchev–Trinajstić information content (AvgIpc) is 2.72. The zero-order valence-electron chi connectivity index (χ0n) is 6.90. The number of hydrogen-bond donors (Lipinski definition) is 1. The second kappa shape index (κ2) is 2.63. The van der Waals surface area contributed by atoms with Gasteiger partial charge >= 0.3 is 0 Å². The second-order valence-electron chi connectivity index (χ2n) is 3.18. The van der Waals surface area contributed by atoms with Crippen LogP contribution in [0.1, 0.15) is 24.6 Å². The van der Waals surface area contributed by atoms with Gasteiger partial charge in [-0.2, -0.15) is 5.10 Å². The highest BCUT2D eigenvalue weighted by Crippen LogP contribution is 2.38. The fourth-order valence-electron chi connectivity index (χ4n) is 1.25. The summed E-state index contributed by atoms with van der Waals surface area (Å²) in [5.74, 6) is 2.45. The van der Waals surface area contributed by atoms with Crippen LogP contribution in [-0.4, -0.2) is 20.2 Å². The van der Waals surface area contributed by atoms with Crippen LogP contribution in [0.5, 0.6) is 0 Å². The molecule has 1 aliphatic rings. The number of rotatable bonds is 2. The summed E-state index contributed by atoms with van der Waals surface area (Å²) in [5.41, 5.74) is 1.79. The van der Waals surface area contributed by atoms with Gasteiger partial charge in [-0.1, -0.05) is 0 Å². The van der Waals surface area contributed by atoms with E-state index in [1.54, 1.807) is 23.0 Å². The molecular weight excluding hydrogens is 184 g/mol. The maximum absolute atomic E-state index is 4.42. The molecule has 66 valence electrons. The van der Waals surface area contributed by atoms with Crippen molar-refractivity contribution in [2.45, 2.75) is 18.8 Å². The number of nitrogens with one attached hydrogen (secondary N) is 1. The molecule has 5 heteroatoms. The van der Waals surface area contributed by atoms with Crippen molar-refractivity contribution in [3.05, 3.63) is 17.5 Å². The summed E-state index contributed by atoms with van der Waals surface area (Å²) in [5, 5.41) is 7.13. The maximum atomic E-state index is 4.42. The van der Waals surface area contributed by atoms with Crippen LogP contribution in [0.2, 0.25) is 0 Å². The first-order valence-corrected chi connectivity index (χ1v) is 5.12. The monoisotopic (exact) mass is 192 g/mol. The van der Waals surface area contributed by atoms with Gasteiger partial charge in [-0.15, -0.1) is 11.3 Å². The Morgan fingerprint density at radius 1 is 1.46 bits per heavy atom. The van der Waals surface area contributed by atoms with E-state index in [0.717, 1.165) is 16.5 Å². The molecular formula is C8H8N4S. The lowest BCUT2D eigenvalue weighted by Gasteiger charge is -1.84. The Morgan fingerprint density at radius 2 is 2.38 bits per heavy atom. The van der Waals surface area contributed by atoms with Gasteiger partial charge in [-0.3, -0.25) is 10.1 Å². The standard InChI is InChI=1S/C8H8N4S/c1-2-5(1)7-10-8(12-11-7)6-3-9-4-13-6/h3-5H,1-2H2,(H,10,11,12). The quantitative estimate of drug-likeness (QED) is 0.789. The summed E-state index contributed by atoms with van der Waals surface area (Å²) in [6.45, 7) is 0. The van der Waals surface area contributed by atoms with Gasteiger partial charge in [0, 0.05) is 12.1 Å². The molecule has 0 amide bonds. The Hall–Kier alpha value is -1.23. The SMILES string of the molecule is c1ncc(-c2n[nH]c(C3CC3)n2)s1. The molecule has 1 fully saturated rings. The van der Waals surface area contributed by atoms with Gasteiger partial charge in [-0.05, 0) is 12.8 Å². The maximum Gasteiger partial charge on any atom is 0.192 e. The molecule has 0 radical (unpaired) electrons. The third-order valence-corrected chi connectivity index (χ3v) is 2.89. The average molecular weight is 192 g/mol. The van der Waals surface area contributed by atoms with Crippen molar-refractivity contribution >= 4 is 11.3 Å². The van der Waals surface area contributed by atoms with E-state index in [1.165, 1.54) is 12.8 Å². The topological polar surface area (TPSA) is 54.5 Å². The molecule has 1 N–H and O–H groups in total. The Labute approximate surface area is 79.1 Å². The minimum absolute atomic E-state index is 0.633. The normalized spacial score (nSPS) is 16.3. The van der Waals surface area contributed by atoms with Crippen LogP contribution in [0.4, 0.5) is 0 Å². The highest BCUT2D eigenvalue weighted by molar-refractivity contribution is 7.13. The van der Waals surface area contributed by atoms with E-state index in [-0.39, 0.29) is 0 Å². The second-order valence-corrected chi connectivity index (χ2v) is 4.07. The molecule has 0 atom stereocenters. The molecule has 0 aromatic carbocycles. The summed E-state index contributed by atoms with van der Waals surface area (Å²) >= 11 is 1.57. The Kier molecular flexibility index (Phi) is 1.46. The predicted molar refractivity (Wildman–Crippen MR) is 49.5 cm³/mol. The molecule has 2 heterocycles. The first-order valence-electron chi connectivity index (χ1n) is 4.24. The summed E-state index contributed by atoms with van der Waals surface area (Å²) in [6, 6.07) is 0. The number of aromatic amines is 1. The van der Waals surface area contributed by atoms with Crippen molar-refractivity contribution in [1.82, 2.24) is 20.2 Å². The zero-order chi connectivity index (χ0) is 8.67. The van der Waals surface area contributed by atoms with Crippen LogP contribution >= 0.6 is 11.3 Å². The Bertz CT molecular complexity index is 401. The predicted octanol–water partition coefficient (Wildman–Crippen LogP) is 1.81. The molecule has 0 spiro atoms. The van der Waals surface area contributed by atoms with E-state index in [2.05, 4.69) is 20.2 Å². The molecule has 0 saturated heterocycles. The van der Waals surface area contributed by atoms with Gasteiger partial charge in [0.15, 0.2) is 5.82 Å². The summed E-state index contributed by atoms with van der Waals surface area (Å²) in [4.78, 5) is 9.44. The van der Waals surface area contributed by atoms with Crippen LogP contribution in [0, 0.1) is 0 Å². The minimum atomic E-state index is 0.633. The zero-order valence-corrected chi connectivity index (χ0v) is 7.71.